The van der Waals surface area contributed by atoms with E-state index in [2.05, 4.69) is 15.9 Å². The van der Waals surface area contributed by atoms with Crippen molar-refractivity contribution in [3.05, 3.63) is 63.1 Å². The van der Waals surface area contributed by atoms with Crippen molar-refractivity contribution in [3.63, 3.8) is 0 Å². The summed E-state index contributed by atoms with van der Waals surface area (Å²) in [5.41, 5.74) is 10.7. The molecule has 3 nitrogen and oxygen atoms in total. The molecule has 1 heterocycles. The molecule has 0 fully saturated rings. The summed E-state index contributed by atoms with van der Waals surface area (Å²) < 4.78 is 0.962. The van der Waals surface area contributed by atoms with E-state index in [0.717, 1.165) is 21.3 Å². The van der Waals surface area contributed by atoms with Crippen molar-refractivity contribution >= 4 is 27.5 Å². The number of nitrogen functional groups attached to an aromatic ring is 1. The second kappa shape index (κ2) is 4.94. The Hall–Kier alpha value is -1.81. The van der Waals surface area contributed by atoms with Crippen LogP contribution in [0.5, 0.6) is 0 Å². The number of aryl methyl sites for hydroxylation is 1. The molecule has 0 aromatic heterocycles. The van der Waals surface area contributed by atoms with Crippen LogP contribution in [0.3, 0.4) is 0 Å². The summed E-state index contributed by atoms with van der Waals surface area (Å²) in [6.45, 7) is 3.29. The fourth-order valence-corrected chi connectivity index (χ4v) is 2.85. The third-order valence-corrected chi connectivity index (χ3v) is 4.51. The number of fused-ring (bicyclic) bond motifs is 1. The molecule has 1 aliphatic rings. The van der Waals surface area contributed by atoms with Gasteiger partial charge in [-0.15, -0.1) is 0 Å². The lowest BCUT2D eigenvalue weighted by atomic mass is 10.1. The minimum Gasteiger partial charge on any atom is -0.399 e. The zero-order valence-corrected chi connectivity index (χ0v) is 12.8. The summed E-state index contributed by atoms with van der Waals surface area (Å²) in [5.74, 6) is 0.0560. The fraction of sp³-hybridized carbons (Fsp3) is 0.188. The van der Waals surface area contributed by atoms with Crippen LogP contribution in [-0.2, 0) is 13.1 Å². The molecule has 2 N–H and O–H groups in total. The average Bonchev–Trinajstić information content (AvgIpc) is 2.84. The van der Waals surface area contributed by atoms with E-state index in [0.29, 0.717) is 18.7 Å². The van der Waals surface area contributed by atoms with Gasteiger partial charge in [-0.1, -0.05) is 28.1 Å². The summed E-state index contributed by atoms with van der Waals surface area (Å²) in [7, 11) is 0. The largest absolute Gasteiger partial charge is 0.399 e. The van der Waals surface area contributed by atoms with E-state index in [4.69, 9.17) is 5.73 Å². The molecule has 0 aliphatic carbocycles. The van der Waals surface area contributed by atoms with Crippen LogP contribution in [0.4, 0.5) is 5.69 Å². The van der Waals surface area contributed by atoms with Gasteiger partial charge in [0.05, 0.1) is 0 Å². The number of benzene rings is 2. The van der Waals surface area contributed by atoms with E-state index in [1.807, 2.05) is 48.2 Å². The molecular weight excluding hydrogens is 316 g/mol. The summed E-state index contributed by atoms with van der Waals surface area (Å²) in [6, 6.07) is 11.6. The number of nitrogens with zero attached hydrogens (tertiary/aromatic N) is 1. The maximum atomic E-state index is 12.5. The highest BCUT2D eigenvalue weighted by molar-refractivity contribution is 9.10. The molecule has 4 heteroatoms. The van der Waals surface area contributed by atoms with Crippen LogP contribution in [0.1, 0.15) is 27.0 Å². The van der Waals surface area contributed by atoms with Crippen molar-refractivity contribution in [1.29, 1.82) is 0 Å². The van der Waals surface area contributed by atoms with Gasteiger partial charge in [-0.05, 0) is 47.9 Å². The van der Waals surface area contributed by atoms with Crippen molar-refractivity contribution in [2.24, 2.45) is 0 Å². The first kappa shape index (κ1) is 13.2. The van der Waals surface area contributed by atoms with E-state index >= 15 is 0 Å². The number of anilines is 1. The van der Waals surface area contributed by atoms with Crippen LogP contribution >= 0.6 is 15.9 Å². The minimum absolute atomic E-state index is 0.0560. The van der Waals surface area contributed by atoms with E-state index < -0.39 is 0 Å². The molecular formula is C16H15BrN2O. The second-order valence-electron chi connectivity index (χ2n) is 5.15. The number of hydrogen-bond donors (Lipinski definition) is 1. The predicted octanol–water partition coefficient (Wildman–Crippen LogP) is 3.50. The predicted molar refractivity (Wildman–Crippen MR) is 83.3 cm³/mol. The molecule has 102 valence electrons. The molecule has 1 amide bonds. The van der Waals surface area contributed by atoms with Gasteiger partial charge in [-0.3, -0.25) is 4.79 Å². The molecule has 0 bridgehead atoms. The fourth-order valence-electron chi connectivity index (χ4n) is 2.47. The van der Waals surface area contributed by atoms with Crippen LogP contribution in [-0.4, -0.2) is 10.8 Å². The van der Waals surface area contributed by atoms with Crippen molar-refractivity contribution in [2.45, 2.75) is 20.0 Å². The van der Waals surface area contributed by atoms with Crippen LogP contribution in [0.25, 0.3) is 0 Å². The SMILES string of the molecule is Cc1ccc(C(=O)N2Cc3ccc(N)cc3C2)cc1Br. The molecule has 0 atom stereocenters. The number of nitrogens with two attached hydrogens (primary N) is 1. The van der Waals surface area contributed by atoms with Crippen LogP contribution < -0.4 is 5.73 Å². The average molecular weight is 331 g/mol. The Kier molecular flexibility index (Phi) is 3.26. The molecule has 1 aliphatic heterocycles. The first-order valence-electron chi connectivity index (χ1n) is 6.47. The van der Waals surface area contributed by atoms with Crippen LogP contribution in [0.15, 0.2) is 40.9 Å². The molecule has 0 saturated heterocycles. The monoisotopic (exact) mass is 330 g/mol. The first-order valence-corrected chi connectivity index (χ1v) is 7.26. The number of halogens is 1. The highest BCUT2D eigenvalue weighted by Crippen LogP contribution is 2.27. The normalized spacial score (nSPS) is 13.4. The number of carbonyl (C=O) groups excluding carboxylic acids is 1. The van der Waals surface area contributed by atoms with Crippen molar-refractivity contribution in [1.82, 2.24) is 4.90 Å². The van der Waals surface area contributed by atoms with Gasteiger partial charge in [0.1, 0.15) is 0 Å². The lowest BCUT2D eigenvalue weighted by molar-refractivity contribution is 0.0751. The summed E-state index contributed by atoms with van der Waals surface area (Å²) in [5, 5.41) is 0. The third kappa shape index (κ3) is 2.31. The topological polar surface area (TPSA) is 46.3 Å². The van der Waals surface area contributed by atoms with Gasteiger partial charge in [0.15, 0.2) is 0 Å². The van der Waals surface area contributed by atoms with Crippen molar-refractivity contribution in [3.8, 4) is 0 Å². The molecule has 2 aromatic rings. The Bertz CT molecular complexity index is 697. The highest BCUT2D eigenvalue weighted by atomic mass is 79.9. The van der Waals surface area contributed by atoms with Gasteiger partial charge in [-0.25, -0.2) is 0 Å². The quantitative estimate of drug-likeness (QED) is 0.813. The smallest absolute Gasteiger partial charge is 0.254 e. The Morgan fingerprint density at radius 2 is 1.90 bits per heavy atom. The van der Waals surface area contributed by atoms with Gasteiger partial charge in [-0.2, -0.15) is 0 Å². The summed E-state index contributed by atoms with van der Waals surface area (Å²) >= 11 is 3.47. The zero-order valence-electron chi connectivity index (χ0n) is 11.2. The standard InChI is InChI=1S/C16H15BrN2O/c1-10-2-3-11(7-15(10)17)16(20)19-8-12-4-5-14(18)6-13(12)9-19/h2-7H,8-9,18H2,1H3. The van der Waals surface area contributed by atoms with Gasteiger partial charge in [0, 0.05) is 28.8 Å². The maximum Gasteiger partial charge on any atom is 0.254 e. The number of amides is 1. The zero-order chi connectivity index (χ0) is 14.3. The van der Waals surface area contributed by atoms with Gasteiger partial charge in [0.2, 0.25) is 0 Å². The molecule has 3 rings (SSSR count). The Morgan fingerprint density at radius 1 is 1.15 bits per heavy atom. The maximum absolute atomic E-state index is 12.5. The summed E-state index contributed by atoms with van der Waals surface area (Å²) in [4.78, 5) is 14.4. The minimum atomic E-state index is 0.0560. The molecule has 0 spiro atoms. The molecule has 0 unspecified atom stereocenters. The number of carbonyl (C=O) groups is 1. The lowest BCUT2D eigenvalue weighted by Gasteiger charge is -2.16. The molecule has 0 radical (unpaired) electrons. The van der Waals surface area contributed by atoms with Gasteiger partial charge >= 0.3 is 0 Å². The first-order chi connectivity index (χ1) is 9.54. The van der Waals surface area contributed by atoms with E-state index in [-0.39, 0.29) is 5.91 Å². The van der Waals surface area contributed by atoms with Crippen molar-refractivity contribution < 1.29 is 4.79 Å². The van der Waals surface area contributed by atoms with Gasteiger partial charge < -0.3 is 10.6 Å². The van der Waals surface area contributed by atoms with Crippen molar-refractivity contribution in [2.75, 3.05) is 5.73 Å². The van der Waals surface area contributed by atoms with E-state index in [9.17, 15) is 4.79 Å². The highest BCUT2D eigenvalue weighted by Gasteiger charge is 2.24. The second-order valence-corrected chi connectivity index (χ2v) is 6.01. The van der Waals surface area contributed by atoms with E-state index in [1.54, 1.807) is 0 Å². The summed E-state index contributed by atoms with van der Waals surface area (Å²) in [6.07, 6.45) is 0. The Morgan fingerprint density at radius 3 is 2.65 bits per heavy atom. The lowest BCUT2D eigenvalue weighted by Crippen LogP contribution is -2.25. The molecule has 20 heavy (non-hydrogen) atoms. The Balaban J connectivity index is 1.85. The van der Waals surface area contributed by atoms with Crippen LogP contribution in [0, 0.1) is 6.92 Å². The van der Waals surface area contributed by atoms with Gasteiger partial charge in [0.25, 0.3) is 5.91 Å². The Labute approximate surface area is 126 Å². The third-order valence-electron chi connectivity index (χ3n) is 3.66. The van der Waals surface area contributed by atoms with E-state index in [1.165, 1.54) is 5.56 Å². The molecule has 2 aromatic carbocycles. The number of rotatable bonds is 1. The molecule has 0 saturated carbocycles. The van der Waals surface area contributed by atoms with Crippen LogP contribution in [0.2, 0.25) is 0 Å². The number of hydrogen-bond acceptors (Lipinski definition) is 2.